The molecule has 0 atom stereocenters. The van der Waals surface area contributed by atoms with Crippen LogP contribution in [-0.4, -0.2) is 29.7 Å². The molecular weight excluding hydrogens is 547 g/mol. The zero-order valence-electron chi connectivity index (χ0n) is 24.2. The summed E-state index contributed by atoms with van der Waals surface area (Å²) in [4.78, 5) is 31.1. The Hall–Kier alpha value is -5.44. The van der Waals surface area contributed by atoms with Crippen LogP contribution >= 0.6 is 0 Å². The molecule has 0 aliphatic heterocycles. The number of pyridine rings is 2. The quantitative estimate of drug-likeness (QED) is 0.209. The van der Waals surface area contributed by atoms with Gasteiger partial charge in [-0.05, 0) is 73.0 Å². The van der Waals surface area contributed by atoms with Gasteiger partial charge in [-0.15, -0.1) is 0 Å². The number of ether oxygens (including phenoxy) is 2. The molecule has 2 heterocycles. The minimum atomic E-state index is -0.548. The fourth-order valence-corrected chi connectivity index (χ4v) is 4.70. The molecule has 0 aliphatic rings. The van der Waals surface area contributed by atoms with Crippen molar-refractivity contribution < 1.29 is 18.7 Å². The second-order valence-electron chi connectivity index (χ2n) is 10.2. The summed E-state index contributed by atoms with van der Waals surface area (Å²) in [7, 11) is 3.16. The summed E-state index contributed by atoms with van der Waals surface area (Å²) in [6.45, 7) is 3.89. The normalized spacial score (nSPS) is 10.9. The molecule has 0 saturated heterocycles. The van der Waals surface area contributed by atoms with Gasteiger partial charge in [0.05, 0.1) is 14.2 Å². The third-order valence-electron chi connectivity index (χ3n) is 7.13. The average molecular weight is 579 g/mol. The number of aromatic nitrogens is 2. The number of nitrogens with zero attached hydrogens (tertiary/aromatic N) is 2. The fraction of sp³-hybridized carbons (Fsp3) is 0.147. The van der Waals surface area contributed by atoms with Crippen LogP contribution in [0.25, 0.3) is 33.4 Å². The maximum atomic E-state index is 13.5. The van der Waals surface area contributed by atoms with E-state index in [1.54, 1.807) is 43.3 Å². The van der Waals surface area contributed by atoms with Gasteiger partial charge in [-0.2, -0.15) is 0 Å². The lowest BCUT2D eigenvalue weighted by atomic mass is 10.0. The van der Waals surface area contributed by atoms with Crippen LogP contribution in [0, 0.1) is 5.82 Å². The lowest BCUT2D eigenvalue weighted by molar-refractivity contribution is 0.102. The average Bonchev–Trinajstić information content (AvgIpc) is 3.02. The highest BCUT2D eigenvalue weighted by molar-refractivity contribution is 6.04. The standard InChI is InChI=1S/C34H31FN4O4/c1-20(2)39-18-28(22-5-10-25(35)11-6-22)32(40)29(19-39)34(41)38-26-12-7-21(8-13-26)27-15-24(17-37-33(27)36)23-9-14-30(42-3)31(16-23)43-4/h5-20H,1-4H3,(H2,36,37)(H,38,41). The van der Waals surface area contributed by atoms with Crippen molar-refractivity contribution in [2.45, 2.75) is 19.9 Å². The molecule has 218 valence electrons. The largest absolute Gasteiger partial charge is 0.493 e. The third-order valence-corrected chi connectivity index (χ3v) is 7.13. The monoisotopic (exact) mass is 578 g/mol. The summed E-state index contributed by atoms with van der Waals surface area (Å²) in [5.41, 5.74) is 10.4. The number of carbonyl (C=O) groups excluding carboxylic acids is 1. The molecule has 3 N–H and O–H groups in total. The lowest BCUT2D eigenvalue weighted by Crippen LogP contribution is -2.25. The van der Waals surface area contributed by atoms with Gasteiger partial charge in [0, 0.05) is 47.0 Å². The summed E-state index contributed by atoms with van der Waals surface area (Å²) in [5, 5.41) is 2.82. The molecule has 0 saturated carbocycles. The zero-order valence-corrected chi connectivity index (χ0v) is 24.2. The Bertz CT molecular complexity index is 1850. The van der Waals surface area contributed by atoms with Gasteiger partial charge >= 0.3 is 0 Å². The van der Waals surface area contributed by atoms with Crippen LogP contribution in [0.2, 0.25) is 0 Å². The summed E-state index contributed by atoms with van der Waals surface area (Å²) >= 11 is 0. The molecule has 43 heavy (non-hydrogen) atoms. The zero-order chi connectivity index (χ0) is 30.7. The summed E-state index contributed by atoms with van der Waals surface area (Å²) in [5.74, 6) is 0.621. The number of halogens is 1. The van der Waals surface area contributed by atoms with Crippen LogP contribution in [0.3, 0.4) is 0 Å². The maximum Gasteiger partial charge on any atom is 0.261 e. The first-order valence-electron chi connectivity index (χ1n) is 13.6. The number of benzene rings is 3. The van der Waals surface area contributed by atoms with E-state index in [0.717, 1.165) is 22.3 Å². The molecular formula is C34H31FN4O4. The highest BCUT2D eigenvalue weighted by Crippen LogP contribution is 2.35. The first-order chi connectivity index (χ1) is 20.7. The number of hydrogen-bond acceptors (Lipinski definition) is 6. The summed E-state index contributed by atoms with van der Waals surface area (Å²) in [6.07, 6.45) is 4.91. The number of amides is 1. The van der Waals surface area contributed by atoms with E-state index >= 15 is 0 Å². The number of hydrogen-bond donors (Lipinski definition) is 2. The highest BCUT2D eigenvalue weighted by atomic mass is 19.1. The van der Waals surface area contributed by atoms with Crippen LogP contribution in [-0.2, 0) is 0 Å². The Morgan fingerprint density at radius 2 is 1.47 bits per heavy atom. The second-order valence-corrected chi connectivity index (χ2v) is 10.2. The van der Waals surface area contributed by atoms with E-state index in [4.69, 9.17) is 15.2 Å². The van der Waals surface area contributed by atoms with Crippen LogP contribution in [0.5, 0.6) is 11.5 Å². The van der Waals surface area contributed by atoms with E-state index in [9.17, 15) is 14.0 Å². The van der Waals surface area contributed by atoms with Gasteiger partial charge in [-0.3, -0.25) is 9.59 Å². The van der Waals surface area contributed by atoms with E-state index in [0.29, 0.717) is 34.1 Å². The molecule has 0 spiro atoms. The van der Waals surface area contributed by atoms with E-state index in [-0.39, 0.29) is 11.6 Å². The molecule has 5 aromatic rings. The van der Waals surface area contributed by atoms with Crippen LogP contribution in [0.4, 0.5) is 15.9 Å². The number of nitrogens with two attached hydrogens (primary N) is 1. The minimum Gasteiger partial charge on any atom is -0.493 e. The van der Waals surface area contributed by atoms with Crippen molar-refractivity contribution in [2.24, 2.45) is 0 Å². The smallest absolute Gasteiger partial charge is 0.261 e. The highest BCUT2D eigenvalue weighted by Gasteiger charge is 2.18. The van der Waals surface area contributed by atoms with E-state index in [1.165, 1.54) is 30.5 Å². The van der Waals surface area contributed by atoms with Crippen molar-refractivity contribution in [3.05, 3.63) is 113 Å². The SMILES string of the molecule is COc1ccc(-c2cnc(N)c(-c3ccc(NC(=O)c4cn(C(C)C)cc(-c5ccc(F)cc5)c4=O)cc3)c2)cc1OC. The number of nitrogen functional groups attached to an aromatic ring is 1. The molecule has 8 nitrogen and oxygen atoms in total. The number of methoxy groups -OCH3 is 2. The van der Waals surface area contributed by atoms with Gasteiger partial charge in [0.2, 0.25) is 5.43 Å². The summed E-state index contributed by atoms with van der Waals surface area (Å²) in [6, 6.07) is 20.3. The molecule has 0 radical (unpaired) electrons. The first-order valence-corrected chi connectivity index (χ1v) is 13.6. The topological polar surface area (TPSA) is 108 Å². The van der Waals surface area contributed by atoms with Crippen molar-refractivity contribution in [1.29, 1.82) is 0 Å². The Morgan fingerprint density at radius 3 is 2.12 bits per heavy atom. The van der Waals surface area contributed by atoms with Gasteiger partial charge < -0.3 is 25.1 Å². The molecule has 0 aliphatic carbocycles. The van der Waals surface area contributed by atoms with Gasteiger partial charge in [0.15, 0.2) is 11.5 Å². The number of nitrogens with one attached hydrogen (secondary N) is 1. The fourth-order valence-electron chi connectivity index (χ4n) is 4.70. The van der Waals surface area contributed by atoms with Crippen LogP contribution in [0.15, 0.2) is 96.2 Å². The van der Waals surface area contributed by atoms with Crippen molar-refractivity contribution in [1.82, 2.24) is 9.55 Å². The van der Waals surface area contributed by atoms with Gasteiger partial charge in [-0.1, -0.05) is 30.3 Å². The van der Waals surface area contributed by atoms with Gasteiger partial charge in [0.1, 0.15) is 17.2 Å². The molecule has 3 aromatic carbocycles. The number of carbonyl (C=O) groups is 1. The molecule has 0 fully saturated rings. The lowest BCUT2D eigenvalue weighted by Gasteiger charge is -2.15. The van der Waals surface area contributed by atoms with Crippen LogP contribution < -0.4 is 26.0 Å². The molecule has 1 amide bonds. The Labute approximate surface area is 248 Å². The second kappa shape index (κ2) is 12.2. The van der Waals surface area contributed by atoms with E-state index in [1.807, 2.05) is 50.2 Å². The van der Waals surface area contributed by atoms with Crippen LogP contribution in [0.1, 0.15) is 30.2 Å². The maximum absolute atomic E-state index is 13.5. The van der Waals surface area contributed by atoms with E-state index < -0.39 is 17.2 Å². The predicted octanol–water partition coefficient (Wildman–Crippen LogP) is 6.82. The molecule has 0 unspecified atom stereocenters. The van der Waals surface area contributed by atoms with Crippen molar-refractivity contribution in [3.63, 3.8) is 0 Å². The van der Waals surface area contributed by atoms with Gasteiger partial charge in [-0.25, -0.2) is 9.37 Å². The molecule has 9 heteroatoms. The van der Waals surface area contributed by atoms with Crippen molar-refractivity contribution >= 4 is 17.4 Å². The minimum absolute atomic E-state index is 0.0144. The van der Waals surface area contributed by atoms with Gasteiger partial charge in [0.25, 0.3) is 5.91 Å². The summed E-state index contributed by atoms with van der Waals surface area (Å²) < 4.78 is 26.1. The predicted molar refractivity (Wildman–Crippen MR) is 167 cm³/mol. The van der Waals surface area contributed by atoms with E-state index in [2.05, 4.69) is 10.3 Å². The Kier molecular flexibility index (Phi) is 8.25. The van der Waals surface area contributed by atoms with Crippen molar-refractivity contribution in [2.75, 3.05) is 25.3 Å². The first kappa shape index (κ1) is 29.1. The molecule has 5 rings (SSSR count). The third kappa shape index (κ3) is 6.11. The number of rotatable bonds is 8. The molecule has 0 bridgehead atoms. The Morgan fingerprint density at radius 1 is 0.837 bits per heavy atom. The molecule has 2 aromatic heterocycles. The van der Waals surface area contributed by atoms with Crippen molar-refractivity contribution in [3.8, 4) is 44.9 Å². The number of anilines is 2. The Balaban J connectivity index is 1.42.